The maximum absolute atomic E-state index is 11.9. The number of para-hydroxylation sites is 1. The molecule has 2 aromatic rings. The number of hydrogen-bond donors (Lipinski definition) is 1. The minimum atomic E-state index is -0.285. The number of nitrogens with one attached hydrogen (secondary N) is 1. The average Bonchev–Trinajstić information content (AvgIpc) is 2.67. The molecule has 90 valence electrons. The first-order valence-electron chi connectivity index (χ1n) is 5.64. The molecule has 0 spiro atoms. The van der Waals surface area contributed by atoms with Crippen LogP contribution in [-0.4, -0.2) is 18.1 Å². The number of aromatic nitrogens is 1. The van der Waals surface area contributed by atoms with Gasteiger partial charge in [0.15, 0.2) is 0 Å². The molecule has 0 aliphatic heterocycles. The van der Waals surface area contributed by atoms with Gasteiger partial charge >= 0.3 is 5.97 Å². The summed E-state index contributed by atoms with van der Waals surface area (Å²) in [5, 5.41) is 0.921. The molecule has 1 aromatic heterocycles. The van der Waals surface area contributed by atoms with E-state index >= 15 is 0 Å². The zero-order valence-electron chi connectivity index (χ0n) is 10.6. The summed E-state index contributed by atoms with van der Waals surface area (Å²) in [5.41, 5.74) is 2.42. The normalized spacial score (nSPS) is 11.8. The number of H-pyrrole nitrogens is 1. The van der Waals surface area contributed by atoms with Gasteiger partial charge in [-0.1, -0.05) is 39.0 Å². The van der Waals surface area contributed by atoms with Crippen LogP contribution in [0.15, 0.2) is 24.3 Å². The standard InChI is InChI=1S/C14H17NO2/c1-14(2,3)12-11(13(16)17-4)9-7-5-6-8-10(9)15-12/h5-8,15H,1-4H3. The van der Waals surface area contributed by atoms with Gasteiger partial charge in [0.2, 0.25) is 0 Å². The smallest absolute Gasteiger partial charge is 0.340 e. The molecular formula is C14H17NO2. The van der Waals surface area contributed by atoms with Crippen LogP contribution >= 0.6 is 0 Å². The van der Waals surface area contributed by atoms with Gasteiger partial charge in [0, 0.05) is 22.0 Å². The van der Waals surface area contributed by atoms with Crippen LogP contribution in [0, 0.1) is 0 Å². The lowest BCUT2D eigenvalue weighted by Crippen LogP contribution is -2.17. The van der Waals surface area contributed by atoms with E-state index in [-0.39, 0.29) is 11.4 Å². The van der Waals surface area contributed by atoms with Crippen molar-refractivity contribution >= 4 is 16.9 Å². The summed E-state index contributed by atoms with van der Waals surface area (Å²) in [6, 6.07) is 7.78. The van der Waals surface area contributed by atoms with E-state index in [0.717, 1.165) is 16.6 Å². The van der Waals surface area contributed by atoms with Crippen LogP contribution in [0.2, 0.25) is 0 Å². The van der Waals surface area contributed by atoms with Crippen molar-refractivity contribution in [1.29, 1.82) is 0 Å². The number of aromatic amines is 1. The summed E-state index contributed by atoms with van der Waals surface area (Å²) in [7, 11) is 1.41. The fraction of sp³-hybridized carbons (Fsp3) is 0.357. The molecule has 2 rings (SSSR count). The Bertz CT molecular complexity index is 561. The quantitative estimate of drug-likeness (QED) is 0.765. The maximum atomic E-state index is 11.9. The van der Waals surface area contributed by atoms with Crippen LogP contribution in [0.1, 0.15) is 36.8 Å². The van der Waals surface area contributed by atoms with Gasteiger partial charge in [0.05, 0.1) is 12.7 Å². The van der Waals surface area contributed by atoms with Crippen LogP contribution < -0.4 is 0 Å². The highest BCUT2D eigenvalue weighted by molar-refractivity contribution is 6.05. The molecule has 17 heavy (non-hydrogen) atoms. The fourth-order valence-corrected chi connectivity index (χ4v) is 2.02. The second kappa shape index (κ2) is 3.91. The zero-order valence-corrected chi connectivity index (χ0v) is 10.6. The molecule has 0 saturated heterocycles. The Morgan fingerprint density at radius 1 is 1.24 bits per heavy atom. The van der Waals surface area contributed by atoms with Gasteiger partial charge in [-0.15, -0.1) is 0 Å². The van der Waals surface area contributed by atoms with Crippen LogP contribution in [-0.2, 0) is 10.2 Å². The summed E-state index contributed by atoms with van der Waals surface area (Å²) in [6.07, 6.45) is 0. The molecule has 0 bridgehead atoms. The van der Waals surface area contributed by atoms with Crippen molar-refractivity contribution < 1.29 is 9.53 Å². The minimum absolute atomic E-state index is 0.122. The molecule has 3 heteroatoms. The number of benzene rings is 1. The molecule has 3 nitrogen and oxygen atoms in total. The highest BCUT2D eigenvalue weighted by atomic mass is 16.5. The van der Waals surface area contributed by atoms with Gasteiger partial charge in [-0.25, -0.2) is 4.79 Å². The molecule has 0 unspecified atom stereocenters. The molecular weight excluding hydrogens is 214 g/mol. The highest BCUT2D eigenvalue weighted by Crippen LogP contribution is 2.31. The second-order valence-electron chi connectivity index (χ2n) is 5.16. The van der Waals surface area contributed by atoms with Gasteiger partial charge in [0.25, 0.3) is 0 Å². The molecule has 0 aliphatic carbocycles. The number of ether oxygens (including phenoxy) is 1. The van der Waals surface area contributed by atoms with Crippen molar-refractivity contribution in [2.24, 2.45) is 0 Å². The predicted octanol–water partition coefficient (Wildman–Crippen LogP) is 3.25. The first-order valence-corrected chi connectivity index (χ1v) is 5.64. The highest BCUT2D eigenvalue weighted by Gasteiger charge is 2.26. The van der Waals surface area contributed by atoms with Gasteiger partial charge in [0.1, 0.15) is 0 Å². The van der Waals surface area contributed by atoms with Crippen LogP contribution in [0.3, 0.4) is 0 Å². The Balaban J connectivity index is 2.79. The molecule has 1 N–H and O–H groups in total. The lowest BCUT2D eigenvalue weighted by Gasteiger charge is -2.18. The summed E-state index contributed by atoms with van der Waals surface area (Å²) >= 11 is 0. The maximum Gasteiger partial charge on any atom is 0.340 e. The fourth-order valence-electron chi connectivity index (χ4n) is 2.02. The Morgan fingerprint density at radius 3 is 2.47 bits per heavy atom. The van der Waals surface area contributed by atoms with Gasteiger partial charge < -0.3 is 9.72 Å². The molecule has 0 aliphatic rings. The lowest BCUT2D eigenvalue weighted by atomic mass is 9.89. The van der Waals surface area contributed by atoms with E-state index in [1.807, 2.05) is 24.3 Å². The Labute approximate surface area is 101 Å². The summed E-state index contributed by atoms with van der Waals surface area (Å²) in [6.45, 7) is 6.22. The van der Waals surface area contributed by atoms with Crippen molar-refractivity contribution in [1.82, 2.24) is 4.98 Å². The van der Waals surface area contributed by atoms with E-state index in [1.54, 1.807) is 0 Å². The molecule has 1 aromatic carbocycles. The third kappa shape index (κ3) is 1.93. The SMILES string of the molecule is COC(=O)c1c(C(C)(C)C)[nH]c2ccccc12. The summed E-state index contributed by atoms with van der Waals surface area (Å²) in [5.74, 6) is -0.285. The Morgan fingerprint density at radius 2 is 1.88 bits per heavy atom. The van der Waals surface area contributed by atoms with E-state index < -0.39 is 0 Å². The third-order valence-electron chi connectivity index (χ3n) is 2.85. The van der Waals surface area contributed by atoms with Crippen molar-refractivity contribution in [3.05, 3.63) is 35.5 Å². The first kappa shape index (κ1) is 11.7. The van der Waals surface area contributed by atoms with Crippen molar-refractivity contribution in [3.63, 3.8) is 0 Å². The van der Waals surface area contributed by atoms with Crippen molar-refractivity contribution in [2.75, 3.05) is 7.11 Å². The molecule has 0 amide bonds. The largest absolute Gasteiger partial charge is 0.465 e. The van der Waals surface area contributed by atoms with Gasteiger partial charge in [-0.05, 0) is 6.07 Å². The van der Waals surface area contributed by atoms with E-state index in [9.17, 15) is 4.79 Å². The zero-order chi connectivity index (χ0) is 12.6. The topological polar surface area (TPSA) is 42.1 Å². The Hall–Kier alpha value is -1.77. The lowest BCUT2D eigenvalue weighted by molar-refractivity contribution is 0.0600. The number of rotatable bonds is 1. The van der Waals surface area contributed by atoms with E-state index in [0.29, 0.717) is 5.56 Å². The number of esters is 1. The number of hydrogen-bond acceptors (Lipinski definition) is 2. The number of carbonyl (C=O) groups excluding carboxylic acids is 1. The predicted molar refractivity (Wildman–Crippen MR) is 68.3 cm³/mol. The molecule has 0 saturated carbocycles. The van der Waals surface area contributed by atoms with Crippen LogP contribution in [0.25, 0.3) is 10.9 Å². The monoisotopic (exact) mass is 231 g/mol. The first-order chi connectivity index (χ1) is 7.95. The van der Waals surface area contributed by atoms with Gasteiger partial charge in [-0.3, -0.25) is 0 Å². The molecule has 1 heterocycles. The third-order valence-corrected chi connectivity index (χ3v) is 2.85. The number of fused-ring (bicyclic) bond motifs is 1. The number of methoxy groups -OCH3 is 1. The molecule has 0 fully saturated rings. The Kier molecular flexibility index (Phi) is 2.69. The minimum Gasteiger partial charge on any atom is -0.465 e. The van der Waals surface area contributed by atoms with E-state index in [2.05, 4.69) is 25.8 Å². The van der Waals surface area contributed by atoms with Crippen LogP contribution in [0.5, 0.6) is 0 Å². The second-order valence-corrected chi connectivity index (χ2v) is 5.16. The van der Waals surface area contributed by atoms with Crippen LogP contribution in [0.4, 0.5) is 0 Å². The van der Waals surface area contributed by atoms with Gasteiger partial charge in [-0.2, -0.15) is 0 Å². The van der Waals surface area contributed by atoms with E-state index in [4.69, 9.17) is 4.74 Å². The summed E-state index contributed by atoms with van der Waals surface area (Å²) < 4.78 is 4.88. The number of carbonyl (C=O) groups is 1. The average molecular weight is 231 g/mol. The van der Waals surface area contributed by atoms with Crippen molar-refractivity contribution in [2.45, 2.75) is 26.2 Å². The summed E-state index contributed by atoms with van der Waals surface area (Å²) in [4.78, 5) is 15.2. The molecule has 0 radical (unpaired) electrons. The molecule has 0 atom stereocenters. The van der Waals surface area contributed by atoms with E-state index in [1.165, 1.54) is 7.11 Å². The van der Waals surface area contributed by atoms with Crippen molar-refractivity contribution in [3.8, 4) is 0 Å².